The zero-order valence-corrected chi connectivity index (χ0v) is 22.6. The third-order valence-electron chi connectivity index (χ3n) is 6.75. The predicted octanol–water partition coefficient (Wildman–Crippen LogP) is 4.55. The molecule has 1 saturated heterocycles. The van der Waals surface area contributed by atoms with Crippen molar-refractivity contribution in [3.8, 4) is 33.6 Å². The monoisotopic (exact) mass is 533 g/mol. The van der Waals surface area contributed by atoms with Crippen molar-refractivity contribution in [1.82, 2.24) is 24.8 Å². The molecule has 1 unspecified atom stereocenters. The Balaban J connectivity index is 1.44. The fourth-order valence-electron chi connectivity index (χ4n) is 4.68. The molecule has 0 aliphatic carbocycles. The zero-order valence-electron chi connectivity index (χ0n) is 21.8. The highest BCUT2D eigenvalue weighted by molar-refractivity contribution is 7.13. The van der Waals surface area contributed by atoms with Gasteiger partial charge in [-0.15, -0.1) is 11.3 Å². The number of thiazole rings is 1. The van der Waals surface area contributed by atoms with Gasteiger partial charge in [-0.1, -0.05) is 6.07 Å². The van der Waals surface area contributed by atoms with Gasteiger partial charge in [0, 0.05) is 43.2 Å². The third-order valence-corrected chi connectivity index (χ3v) is 7.61. The number of aryl methyl sites for hydroxylation is 1. The summed E-state index contributed by atoms with van der Waals surface area (Å²) in [5.74, 6) is 1.28. The van der Waals surface area contributed by atoms with E-state index in [0.29, 0.717) is 30.2 Å². The molecule has 3 aromatic heterocycles. The first-order chi connectivity index (χ1) is 18.6. The third kappa shape index (κ3) is 5.56. The zero-order chi connectivity index (χ0) is 26.5. The number of carbonyl (C=O) groups is 1. The molecule has 0 spiro atoms. The van der Waals surface area contributed by atoms with Crippen LogP contribution in [-0.4, -0.2) is 58.9 Å². The number of carbonyl (C=O) groups excluding carboxylic acids is 1. The molecule has 0 saturated carbocycles. The molecule has 10 heteroatoms. The minimum absolute atomic E-state index is 0.0824. The summed E-state index contributed by atoms with van der Waals surface area (Å²) >= 11 is 1.51. The fraction of sp³-hybridized carbons (Fsp3) is 0.357. The number of rotatable bonds is 10. The van der Waals surface area contributed by atoms with Crippen LogP contribution >= 0.6 is 11.3 Å². The number of nitrogens with one attached hydrogen (secondary N) is 1. The number of ether oxygens (including phenoxy) is 3. The molecule has 198 valence electrons. The highest BCUT2D eigenvalue weighted by atomic mass is 32.1. The summed E-state index contributed by atoms with van der Waals surface area (Å²) < 4.78 is 18.7. The standard InChI is InChI=1S/C28H31N5O4S/c1-18-21(27(34)31-15-20-5-4-12-37-20)14-24(23-17-38-28(32-23)22-16-29-9-10-30-22)33(18)11-8-19-6-7-25(35-2)26(13-19)36-3/h6-7,9-10,13-14,16-17,20H,4-5,8,11-12,15H2,1-3H3,(H,31,34). The van der Waals surface area contributed by atoms with E-state index in [-0.39, 0.29) is 12.0 Å². The Bertz CT molecular complexity index is 1400. The lowest BCUT2D eigenvalue weighted by Gasteiger charge is -2.13. The van der Waals surface area contributed by atoms with Crippen LogP contribution < -0.4 is 14.8 Å². The summed E-state index contributed by atoms with van der Waals surface area (Å²) in [6, 6.07) is 7.87. The molecule has 5 rings (SSSR count). The minimum atomic E-state index is -0.103. The van der Waals surface area contributed by atoms with Crippen LogP contribution in [0.4, 0.5) is 0 Å². The summed E-state index contributed by atoms with van der Waals surface area (Å²) in [5, 5.41) is 5.84. The normalized spacial score (nSPS) is 15.0. The number of methoxy groups -OCH3 is 2. The van der Waals surface area contributed by atoms with E-state index in [1.165, 1.54) is 11.3 Å². The molecule has 1 aromatic carbocycles. The molecule has 4 heterocycles. The second-order valence-electron chi connectivity index (χ2n) is 9.09. The molecule has 1 amide bonds. The largest absolute Gasteiger partial charge is 0.493 e. The van der Waals surface area contributed by atoms with Gasteiger partial charge in [0.25, 0.3) is 5.91 Å². The lowest BCUT2D eigenvalue weighted by molar-refractivity contribution is 0.0857. The van der Waals surface area contributed by atoms with Gasteiger partial charge in [0.2, 0.25) is 0 Å². The maximum absolute atomic E-state index is 13.2. The topological polar surface area (TPSA) is 100 Å². The number of aromatic nitrogens is 4. The molecule has 4 aromatic rings. The van der Waals surface area contributed by atoms with E-state index in [9.17, 15) is 4.79 Å². The van der Waals surface area contributed by atoms with Crippen LogP contribution in [0.15, 0.2) is 48.2 Å². The maximum atomic E-state index is 13.2. The molecule has 1 aliphatic rings. The van der Waals surface area contributed by atoms with Gasteiger partial charge in [0.1, 0.15) is 10.7 Å². The Hall–Kier alpha value is -3.76. The average molecular weight is 534 g/mol. The number of benzene rings is 1. The van der Waals surface area contributed by atoms with Gasteiger partial charge in [-0.3, -0.25) is 14.8 Å². The molecule has 1 atom stereocenters. The predicted molar refractivity (Wildman–Crippen MR) is 146 cm³/mol. The lowest BCUT2D eigenvalue weighted by Crippen LogP contribution is -2.32. The van der Waals surface area contributed by atoms with E-state index >= 15 is 0 Å². The number of hydrogen-bond donors (Lipinski definition) is 1. The summed E-state index contributed by atoms with van der Waals surface area (Å²) in [4.78, 5) is 26.6. The molecular weight excluding hydrogens is 502 g/mol. The maximum Gasteiger partial charge on any atom is 0.253 e. The molecule has 1 fully saturated rings. The van der Waals surface area contributed by atoms with Crippen LogP contribution in [0.25, 0.3) is 22.1 Å². The van der Waals surface area contributed by atoms with Gasteiger partial charge in [-0.05, 0) is 49.9 Å². The van der Waals surface area contributed by atoms with Crippen molar-refractivity contribution in [3.63, 3.8) is 0 Å². The van der Waals surface area contributed by atoms with Crippen molar-refractivity contribution in [3.05, 3.63) is 65.1 Å². The van der Waals surface area contributed by atoms with Gasteiger partial charge in [0.15, 0.2) is 11.5 Å². The molecule has 9 nitrogen and oxygen atoms in total. The molecule has 0 radical (unpaired) electrons. The Morgan fingerprint density at radius 1 is 1.18 bits per heavy atom. The van der Waals surface area contributed by atoms with Crippen LogP contribution in [0.1, 0.15) is 34.5 Å². The smallest absolute Gasteiger partial charge is 0.253 e. The fourth-order valence-corrected chi connectivity index (χ4v) is 5.45. The van der Waals surface area contributed by atoms with E-state index in [2.05, 4.69) is 19.9 Å². The Labute approximate surface area is 225 Å². The summed E-state index contributed by atoms with van der Waals surface area (Å²) in [6.45, 7) is 3.91. The molecule has 0 bridgehead atoms. The van der Waals surface area contributed by atoms with Crippen LogP contribution in [0.3, 0.4) is 0 Å². The Morgan fingerprint density at radius 2 is 2.05 bits per heavy atom. The molecular formula is C28H31N5O4S. The van der Waals surface area contributed by atoms with Gasteiger partial charge >= 0.3 is 0 Å². The Morgan fingerprint density at radius 3 is 2.79 bits per heavy atom. The van der Waals surface area contributed by atoms with Crippen LogP contribution in [-0.2, 0) is 17.7 Å². The molecule has 1 N–H and O–H groups in total. The SMILES string of the molecule is COc1ccc(CCn2c(-c3csc(-c4cnccn4)n3)cc(C(=O)NCC3CCCO3)c2C)cc1OC. The average Bonchev–Trinajstić information content (AvgIpc) is 3.72. The number of hydrogen-bond acceptors (Lipinski definition) is 8. The second kappa shape index (κ2) is 11.7. The van der Waals surface area contributed by atoms with E-state index in [1.54, 1.807) is 32.8 Å². The number of nitrogens with zero attached hydrogens (tertiary/aromatic N) is 4. The van der Waals surface area contributed by atoms with E-state index in [4.69, 9.17) is 19.2 Å². The summed E-state index contributed by atoms with van der Waals surface area (Å²) in [6.07, 6.45) is 7.83. The first-order valence-electron chi connectivity index (χ1n) is 12.6. The van der Waals surface area contributed by atoms with Crippen molar-refractivity contribution in [2.24, 2.45) is 0 Å². The highest BCUT2D eigenvalue weighted by Gasteiger charge is 2.22. The van der Waals surface area contributed by atoms with E-state index < -0.39 is 0 Å². The van der Waals surface area contributed by atoms with Gasteiger partial charge in [0.05, 0.1) is 43.5 Å². The van der Waals surface area contributed by atoms with Crippen LogP contribution in [0.5, 0.6) is 11.5 Å². The quantitative estimate of drug-likeness (QED) is 0.319. The first-order valence-corrected chi connectivity index (χ1v) is 13.5. The first kappa shape index (κ1) is 25.9. The summed E-state index contributed by atoms with van der Waals surface area (Å²) in [5.41, 5.74) is 5.03. The van der Waals surface area contributed by atoms with Gasteiger partial charge in [-0.2, -0.15) is 0 Å². The van der Waals surface area contributed by atoms with Crippen molar-refractivity contribution >= 4 is 17.2 Å². The van der Waals surface area contributed by atoms with Crippen molar-refractivity contribution in [2.45, 2.75) is 38.8 Å². The second-order valence-corrected chi connectivity index (χ2v) is 9.95. The van der Waals surface area contributed by atoms with Crippen molar-refractivity contribution in [2.75, 3.05) is 27.4 Å². The molecule has 38 heavy (non-hydrogen) atoms. The van der Waals surface area contributed by atoms with Gasteiger partial charge < -0.3 is 24.1 Å². The highest BCUT2D eigenvalue weighted by Crippen LogP contribution is 2.32. The van der Waals surface area contributed by atoms with Crippen molar-refractivity contribution < 1.29 is 19.0 Å². The molecule has 1 aliphatic heterocycles. The minimum Gasteiger partial charge on any atom is -0.493 e. The summed E-state index contributed by atoms with van der Waals surface area (Å²) in [7, 11) is 3.26. The lowest BCUT2D eigenvalue weighted by atomic mass is 10.1. The Kier molecular flexibility index (Phi) is 8.00. The van der Waals surface area contributed by atoms with E-state index in [0.717, 1.165) is 59.2 Å². The van der Waals surface area contributed by atoms with Crippen LogP contribution in [0.2, 0.25) is 0 Å². The van der Waals surface area contributed by atoms with E-state index in [1.807, 2.05) is 36.6 Å². The van der Waals surface area contributed by atoms with Gasteiger partial charge in [-0.25, -0.2) is 4.98 Å². The van der Waals surface area contributed by atoms with Crippen molar-refractivity contribution in [1.29, 1.82) is 0 Å². The van der Waals surface area contributed by atoms with Crippen LogP contribution in [0, 0.1) is 6.92 Å². The number of amides is 1.